The van der Waals surface area contributed by atoms with Gasteiger partial charge < -0.3 is 5.11 Å². The Morgan fingerprint density at radius 2 is 1.56 bits per heavy atom. The minimum absolute atomic E-state index is 0.0327. The van der Waals surface area contributed by atoms with Crippen molar-refractivity contribution >= 4 is 0 Å². The molecule has 18 heavy (non-hydrogen) atoms. The summed E-state index contributed by atoms with van der Waals surface area (Å²) >= 11 is 0. The van der Waals surface area contributed by atoms with Crippen LogP contribution in [0.3, 0.4) is 0 Å². The normalized spacial score (nSPS) is 24.4. The largest absolute Gasteiger partial charge is 0.393 e. The molecule has 1 aromatic carbocycles. The van der Waals surface area contributed by atoms with E-state index < -0.39 is 0 Å². The maximum atomic E-state index is 9.51. The van der Waals surface area contributed by atoms with E-state index in [-0.39, 0.29) is 6.10 Å². The predicted molar refractivity (Wildman–Crippen MR) is 76.7 cm³/mol. The molecular formula is C17H26O. The lowest BCUT2D eigenvalue weighted by molar-refractivity contribution is 0.109. The number of hydrogen-bond donors (Lipinski definition) is 1. The third kappa shape index (κ3) is 4.13. The third-order valence-electron chi connectivity index (χ3n) is 4.01. The molecule has 0 aromatic heterocycles. The lowest BCUT2D eigenvalue weighted by Gasteiger charge is -2.25. The molecule has 1 saturated carbocycles. The van der Waals surface area contributed by atoms with Crippen molar-refractivity contribution in [3.63, 3.8) is 0 Å². The van der Waals surface area contributed by atoms with Gasteiger partial charge in [-0.25, -0.2) is 0 Å². The lowest BCUT2D eigenvalue weighted by atomic mass is 9.83. The number of benzene rings is 1. The van der Waals surface area contributed by atoms with Gasteiger partial charge in [-0.3, -0.25) is 0 Å². The Morgan fingerprint density at radius 3 is 2.11 bits per heavy atom. The van der Waals surface area contributed by atoms with E-state index in [4.69, 9.17) is 0 Å². The van der Waals surface area contributed by atoms with E-state index in [1.165, 1.54) is 36.8 Å². The van der Waals surface area contributed by atoms with Gasteiger partial charge >= 0.3 is 0 Å². The molecule has 0 atom stereocenters. The zero-order chi connectivity index (χ0) is 13.0. The monoisotopic (exact) mass is 246 g/mol. The minimum atomic E-state index is -0.0327. The molecular weight excluding hydrogens is 220 g/mol. The number of aliphatic hydroxyl groups is 1. The summed E-state index contributed by atoms with van der Waals surface area (Å²) in [5.74, 6) is 1.51. The molecule has 1 aliphatic rings. The highest BCUT2D eigenvalue weighted by molar-refractivity contribution is 5.23. The Balaban J connectivity index is 1.86. The van der Waals surface area contributed by atoms with Crippen LogP contribution in [0, 0.1) is 11.8 Å². The minimum Gasteiger partial charge on any atom is -0.393 e. The van der Waals surface area contributed by atoms with Crippen molar-refractivity contribution in [1.29, 1.82) is 0 Å². The first-order valence-electron chi connectivity index (χ1n) is 7.39. The van der Waals surface area contributed by atoms with Gasteiger partial charge in [-0.05, 0) is 61.5 Å². The van der Waals surface area contributed by atoms with Gasteiger partial charge in [-0.15, -0.1) is 0 Å². The van der Waals surface area contributed by atoms with Crippen LogP contribution in [0.25, 0.3) is 0 Å². The molecule has 1 N–H and O–H groups in total. The van der Waals surface area contributed by atoms with E-state index in [9.17, 15) is 5.11 Å². The Bertz CT molecular complexity index is 344. The molecule has 0 amide bonds. The summed E-state index contributed by atoms with van der Waals surface area (Å²) < 4.78 is 0. The van der Waals surface area contributed by atoms with Crippen molar-refractivity contribution in [3.05, 3.63) is 35.4 Å². The van der Waals surface area contributed by atoms with Gasteiger partial charge in [0.25, 0.3) is 0 Å². The van der Waals surface area contributed by atoms with Crippen molar-refractivity contribution in [1.82, 2.24) is 0 Å². The third-order valence-corrected chi connectivity index (χ3v) is 4.01. The van der Waals surface area contributed by atoms with Gasteiger partial charge in [0.05, 0.1) is 6.10 Å². The fraction of sp³-hybridized carbons (Fsp3) is 0.647. The van der Waals surface area contributed by atoms with Gasteiger partial charge in [0.1, 0.15) is 0 Å². The second-order valence-corrected chi connectivity index (χ2v) is 6.29. The fourth-order valence-corrected chi connectivity index (χ4v) is 2.97. The molecule has 1 fully saturated rings. The first-order chi connectivity index (χ1) is 8.63. The molecule has 0 bridgehead atoms. The Kier molecular flexibility index (Phi) is 4.82. The standard InChI is InChI=1S/C17H26O/c1-13(2)11-14-3-5-15(6-4-14)12-16-7-9-17(18)10-8-16/h3-6,13,16-18H,7-12H2,1-2H3. The van der Waals surface area contributed by atoms with Gasteiger partial charge in [-0.1, -0.05) is 38.1 Å². The molecule has 0 saturated heterocycles. The van der Waals surface area contributed by atoms with Crippen LogP contribution < -0.4 is 0 Å². The molecule has 0 spiro atoms. The Morgan fingerprint density at radius 1 is 1.00 bits per heavy atom. The molecule has 1 aromatic rings. The van der Waals surface area contributed by atoms with Crippen molar-refractivity contribution in [2.45, 2.75) is 58.5 Å². The SMILES string of the molecule is CC(C)Cc1ccc(CC2CCC(O)CC2)cc1. The molecule has 100 valence electrons. The van der Waals surface area contributed by atoms with Gasteiger partial charge in [0, 0.05) is 0 Å². The van der Waals surface area contributed by atoms with Crippen molar-refractivity contribution in [2.75, 3.05) is 0 Å². The maximum Gasteiger partial charge on any atom is 0.0540 e. The van der Waals surface area contributed by atoms with E-state index in [0.717, 1.165) is 24.7 Å². The molecule has 0 aliphatic heterocycles. The molecule has 2 rings (SSSR count). The summed E-state index contributed by atoms with van der Waals surface area (Å²) in [4.78, 5) is 0. The number of rotatable bonds is 4. The van der Waals surface area contributed by atoms with Crippen molar-refractivity contribution in [3.8, 4) is 0 Å². The summed E-state index contributed by atoms with van der Waals surface area (Å²) in [7, 11) is 0. The first-order valence-corrected chi connectivity index (χ1v) is 7.39. The summed E-state index contributed by atoms with van der Waals surface area (Å²) in [5.41, 5.74) is 2.91. The molecule has 0 heterocycles. The average molecular weight is 246 g/mol. The lowest BCUT2D eigenvalue weighted by Crippen LogP contribution is -2.19. The van der Waals surface area contributed by atoms with E-state index >= 15 is 0 Å². The van der Waals surface area contributed by atoms with Crippen LogP contribution in [0.15, 0.2) is 24.3 Å². The van der Waals surface area contributed by atoms with Crippen LogP contribution in [0.4, 0.5) is 0 Å². The van der Waals surface area contributed by atoms with E-state index in [1.807, 2.05) is 0 Å². The van der Waals surface area contributed by atoms with Gasteiger partial charge in [-0.2, -0.15) is 0 Å². The van der Waals surface area contributed by atoms with Crippen LogP contribution in [0.2, 0.25) is 0 Å². The van der Waals surface area contributed by atoms with Crippen LogP contribution >= 0.6 is 0 Å². The summed E-state index contributed by atoms with van der Waals surface area (Å²) in [6.07, 6.45) is 6.70. The number of hydrogen-bond acceptors (Lipinski definition) is 1. The molecule has 0 unspecified atom stereocenters. The van der Waals surface area contributed by atoms with Crippen LogP contribution in [0.5, 0.6) is 0 Å². The first kappa shape index (κ1) is 13.6. The highest BCUT2D eigenvalue weighted by Gasteiger charge is 2.19. The highest BCUT2D eigenvalue weighted by atomic mass is 16.3. The molecule has 1 aliphatic carbocycles. The van der Waals surface area contributed by atoms with E-state index in [0.29, 0.717) is 0 Å². The summed E-state index contributed by atoms with van der Waals surface area (Å²) in [5, 5.41) is 9.51. The van der Waals surface area contributed by atoms with Crippen LogP contribution in [-0.2, 0) is 12.8 Å². The second-order valence-electron chi connectivity index (χ2n) is 6.29. The topological polar surface area (TPSA) is 20.2 Å². The fourth-order valence-electron chi connectivity index (χ4n) is 2.97. The zero-order valence-electron chi connectivity index (χ0n) is 11.7. The Labute approximate surface area is 111 Å². The zero-order valence-corrected chi connectivity index (χ0v) is 11.7. The van der Waals surface area contributed by atoms with Crippen LogP contribution in [-0.4, -0.2) is 11.2 Å². The molecule has 1 nitrogen and oxygen atoms in total. The van der Waals surface area contributed by atoms with Crippen molar-refractivity contribution < 1.29 is 5.11 Å². The summed E-state index contributed by atoms with van der Waals surface area (Å²) in [6.45, 7) is 4.53. The average Bonchev–Trinajstić information content (AvgIpc) is 2.34. The predicted octanol–water partition coefficient (Wildman–Crippen LogP) is 3.98. The van der Waals surface area contributed by atoms with E-state index in [1.54, 1.807) is 0 Å². The molecule has 1 heteroatoms. The van der Waals surface area contributed by atoms with Gasteiger partial charge in [0.2, 0.25) is 0 Å². The van der Waals surface area contributed by atoms with Crippen LogP contribution in [0.1, 0.15) is 50.7 Å². The van der Waals surface area contributed by atoms with Gasteiger partial charge in [0.15, 0.2) is 0 Å². The highest BCUT2D eigenvalue weighted by Crippen LogP contribution is 2.27. The quantitative estimate of drug-likeness (QED) is 0.852. The second kappa shape index (κ2) is 6.38. The maximum absolute atomic E-state index is 9.51. The molecule has 0 radical (unpaired) electrons. The van der Waals surface area contributed by atoms with Crippen molar-refractivity contribution in [2.24, 2.45) is 11.8 Å². The van der Waals surface area contributed by atoms with E-state index in [2.05, 4.69) is 38.1 Å². The summed E-state index contributed by atoms with van der Waals surface area (Å²) in [6, 6.07) is 9.16. The number of aliphatic hydroxyl groups excluding tert-OH is 1. The smallest absolute Gasteiger partial charge is 0.0540 e. The Hall–Kier alpha value is -0.820.